The summed E-state index contributed by atoms with van der Waals surface area (Å²) in [5.74, 6) is 0.518. The van der Waals surface area contributed by atoms with Crippen LogP contribution in [0.2, 0.25) is 0 Å². The third-order valence-electron chi connectivity index (χ3n) is 5.24. The van der Waals surface area contributed by atoms with Crippen LogP contribution in [-0.4, -0.2) is 24.7 Å². The fourth-order valence-corrected chi connectivity index (χ4v) is 3.24. The van der Waals surface area contributed by atoms with E-state index >= 15 is 0 Å². The quantitative estimate of drug-likeness (QED) is 0.754. The number of piperidine rings is 1. The summed E-state index contributed by atoms with van der Waals surface area (Å²) in [6.07, 6.45) is 4.91. The predicted octanol–water partition coefficient (Wildman–Crippen LogP) is 2.50. The highest BCUT2D eigenvalue weighted by molar-refractivity contribution is 5.77. The van der Waals surface area contributed by atoms with E-state index in [4.69, 9.17) is 4.74 Å². The van der Waals surface area contributed by atoms with E-state index < -0.39 is 0 Å². The van der Waals surface area contributed by atoms with Crippen molar-refractivity contribution in [3.63, 3.8) is 0 Å². The van der Waals surface area contributed by atoms with E-state index in [9.17, 15) is 4.79 Å². The first-order valence-electron chi connectivity index (χ1n) is 7.97. The maximum Gasteiger partial charge on any atom is 0.312 e. The fraction of sp³-hybridized carbons (Fsp3) is 0.938. The van der Waals surface area contributed by atoms with Crippen molar-refractivity contribution in [1.29, 1.82) is 0 Å². The highest BCUT2D eigenvalue weighted by atomic mass is 16.6. The maximum absolute atomic E-state index is 12.6. The van der Waals surface area contributed by atoms with Crippen LogP contribution in [0.25, 0.3) is 0 Å². The summed E-state index contributed by atoms with van der Waals surface area (Å²) in [4.78, 5) is 12.6. The smallest absolute Gasteiger partial charge is 0.312 e. The minimum absolute atomic E-state index is 0.0135. The fourth-order valence-electron chi connectivity index (χ4n) is 3.24. The van der Waals surface area contributed by atoms with Crippen LogP contribution in [0.5, 0.6) is 0 Å². The summed E-state index contributed by atoms with van der Waals surface area (Å²) in [6.45, 7) is 12.8. The zero-order valence-electron chi connectivity index (χ0n) is 13.4. The molecule has 0 aromatic carbocycles. The van der Waals surface area contributed by atoms with E-state index in [1.54, 1.807) is 0 Å². The van der Waals surface area contributed by atoms with Gasteiger partial charge in [0.1, 0.15) is 5.60 Å². The Morgan fingerprint density at radius 3 is 2.00 bits per heavy atom. The number of nitrogens with two attached hydrogens (primary N) is 1. The summed E-state index contributed by atoms with van der Waals surface area (Å²) in [6, 6.07) is 0. The van der Waals surface area contributed by atoms with Gasteiger partial charge < -0.3 is 10.1 Å². The number of hydrogen-bond acceptors (Lipinski definition) is 2. The van der Waals surface area contributed by atoms with E-state index in [0.717, 1.165) is 45.2 Å². The summed E-state index contributed by atoms with van der Waals surface area (Å²) >= 11 is 0. The molecule has 0 aliphatic carbocycles. The number of esters is 1. The summed E-state index contributed by atoms with van der Waals surface area (Å²) in [5, 5.41) is 2.35. The van der Waals surface area contributed by atoms with Crippen molar-refractivity contribution in [2.75, 3.05) is 13.1 Å². The Hall–Kier alpha value is -0.570. The lowest BCUT2D eigenvalue weighted by atomic mass is 9.78. The molecule has 0 radical (unpaired) electrons. The summed E-state index contributed by atoms with van der Waals surface area (Å²) < 4.78 is 5.96. The molecular formula is C16H32NO2+. The van der Waals surface area contributed by atoms with Gasteiger partial charge in [0.15, 0.2) is 0 Å². The van der Waals surface area contributed by atoms with Gasteiger partial charge >= 0.3 is 5.97 Å². The third kappa shape index (κ3) is 3.71. The minimum Gasteiger partial charge on any atom is -0.459 e. The Balaban J connectivity index is 2.72. The molecule has 1 fully saturated rings. The van der Waals surface area contributed by atoms with E-state index in [0.29, 0.717) is 5.92 Å². The lowest BCUT2D eigenvalue weighted by molar-refractivity contribution is -0.665. The van der Waals surface area contributed by atoms with Crippen molar-refractivity contribution in [1.82, 2.24) is 0 Å². The number of quaternary nitrogens is 1. The lowest BCUT2D eigenvalue weighted by Gasteiger charge is -2.39. The highest BCUT2D eigenvalue weighted by Gasteiger charge is 2.41. The van der Waals surface area contributed by atoms with Crippen LogP contribution in [0.15, 0.2) is 0 Å². The number of ether oxygens (including phenoxy) is 1. The van der Waals surface area contributed by atoms with Gasteiger partial charge in [-0.2, -0.15) is 0 Å². The molecule has 0 saturated carbocycles. The topological polar surface area (TPSA) is 42.9 Å². The number of hydrogen-bond donors (Lipinski definition) is 1. The lowest BCUT2D eigenvalue weighted by Crippen LogP contribution is -2.86. The molecule has 1 aliphatic heterocycles. The van der Waals surface area contributed by atoms with Gasteiger partial charge in [-0.15, -0.1) is 0 Å². The monoisotopic (exact) mass is 270 g/mol. The van der Waals surface area contributed by atoms with E-state index in [-0.39, 0.29) is 17.0 Å². The molecule has 0 spiro atoms. The van der Waals surface area contributed by atoms with E-state index in [2.05, 4.69) is 39.9 Å². The van der Waals surface area contributed by atoms with Gasteiger partial charge in [0.25, 0.3) is 0 Å². The van der Waals surface area contributed by atoms with Crippen LogP contribution in [0.4, 0.5) is 0 Å². The first-order chi connectivity index (χ1) is 8.91. The van der Waals surface area contributed by atoms with Crippen LogP contribution in [0, 0.1) is 11.3 Å². The van der Waals surface area contributed by atoms with Crippen LogP contribution in [0.3, 0.4) is 0 Å². The number of carbonyl (C=O) groups is 1. The summed E-state index contributed by atoms with van der Waals surface area (Å²) in [5.41, 5.74) is -0.603. The van der Waals surface area contributed by atoms with Crippen LogP contribution >= 0.6 is 0 Å². The SMILES string of the molecule is CCC(CC)(CC)C(=O)OC(C)(C)C1CC[NH2+]CC1. The first kappa shape index (κ1) is 16.5. The van der Waals surface area contributed by atoms with Gasteiger partial charge in [-0.1, -0.05) is 20.8 Å². The van der Waals surface area contributed by atoms with Crippen molar-refractivity contribution in [3.8, 4) is 0 Å². The molecule has 0 amide bonds. The zero-order chi connectivity index (χ0) is 14.5. The van der Waals surface area contributed by atoms with Gasteiger partial charge in [-0.25, -0.2) is 0 Å². The van der Waals surface area contributed by atoms with Gasteiger partial charge in [-0.3, -0.25) is 4.79 Å². The largest absolute Gasteiger partial charge is 0.459 e. The summed E-state index contributed by atoms with van der Waals surface area (Å²) in [7, 11) is 0. The predicted molar refractivity (Wildman–Crippen MR) is 77.9 cm³/mol. The average Bonchev–Trinajstić information content (AvgIpc) is 2.42. The molecule has 3 nitrogen and oxygen atoms in total. The molecule has 19 heavy (non-hydrogen) atoms. The maximum atomic E-state index is 12.6. The Kier molecular flexibility index (Phi) is 5.84. The van der Waals surface area contributed by atoms with Gasteiger partial charge in [0, 0.05) is 18.8 Å². The first-order valence-corrected chi connectivity index (χ1v) is 7.97. The Morgan fingerprint density at radius 1 is 1.11 bits per heavy atom. The Bertz CT molecular complexity index is 281. The second-order valence-electron chi connectivity index (χ2n) is 6.47. The molecule has 1 aliphatic rings. The van der Waals surface area contributed by atoms with Gasteiger partial charge in [-0.05, 0) is 33.1 Å². The van der Waals surface area contributed by atoms with Crippen LogP contribution in [0.1, 0.15) is 66.7 Å². The standard InChI is InChI=1S/C16H31NO2/c1-6-16(7-2,8-3)14(18)19-15(4,5)13-9-11-17-12-10-13/h13,17H,6-12H2,1-5H3/p+1. The Labute approximate surface area is 118 Å². The van der Waals surface area contributed by atoms with Gasteiger partial charge in [0.2, 0.25) is 0 Å². The molecule has 0 bridgehead atoms. The number of carbonyl (C=O) groups excluding carboxylic acids is 1. The van der Waals surface area contributed by atoms with E-state index in [1.807, 2.05) is 0 Å². The molecule has 0 aromatic rings. The van der Waals surface area contributed by atoms with Crippen molar-refractivity contribution >= 4 is 5.97 Å². The second kappa shape index (κ2) is 6.74. The Morgan fingerprint density at radius 2 is 1.58 bits per heavy atom. The molecule has 2 N–H and O–H groups in total. The van der Waals surface area contributed by atoms with Crippen molar-refractivity contribution in [2.45, 2.75) is 72.3 Å². The van der Waals surface area contributed by atoms with E-state index in [1.165, 1.54) is 0 Å². The highest BCUT2D eigenvalue weighted by Crippen LogP contribution is 2.36. The second-order valence-corrected chi connectivity index (χ2v) is 6.47. The average molecular weight is 270 g/mol. The van der Waals surface area contributed by atoms with Crippen molar-refractivity contribution in [2.24, 2.45) is 11.3 Å². The molecule has 0 atom stereocenters. The number of rotatable bonds is 6. The normalized spacial score (nSPS) is 18.4. The third-order valence-corrected chi connectivity index (χ3v) is 5.24. The zero-order valence-corrected chi connectivity index (χ0v) is 13.4. The van der Waals surface area contributed by atoms with Crippen molar-refractivity contribution < 1.29 is 14.8 Å². The molecule has 1 heterocycles. The van der Waals surface area contributed by atoms with Crippen LogP contribution in [-0.2, 0) is 9.53 Å². The molecule has 1 saturated heterocycles. The van der Waals surface area contributed by atoms with Gasteiger partial charge in [0.05, 0.1) is 18.5 Å². The molecule has 0 aromatic heterocycles. The molecule has 3 heteroatoms. The van der Waals surface area contributed by atoms with Crippen LogP contribution < -0.4 is 5.32 Å². The molecule has 112 valence electrons. The molecule has 0 unspecified atom stereocenters. The van der Waals surface area contributed by atoms with Crippen molar-refractivity contribution in [3.05, 3.63) is 0 Å². The minimum atomic E-state index is -0.323. The molecule has 1 rings (SSSR count). The molecular weight excluding hydrogens is 238 g/mol.